The minimum Gasteiger partial charge on any atom is -0.315 e. The number of hydrogen-bond acceptors (Lipinski definition) is 4. The standard InChI is InChI=1S/C23H32N4O/c1-7-9-10-19-13-18(6)25-23-22(19)27(24-8-2)20(28)14-26(23)21-16(4)11-15(3)12-17(21)5/h11-13,24H,7-10,14H2,1-6H3. The topological polar surface area (TPSA) is 48.5 Å². The zero-order valence-electron chi connectivity index (χ0n) is 18.0. The summed E-state index contributed by atoms with van der Waals surface area (Å²) >= 11 is 0. The lowest BCUT2D eigenvalue weighted by Gasteiger charge is -2.39. The third kappa shape index (κ3) is 3.76. The minimum absolute atomic E-state index is 0.0529. The normalized spacial score (nSPS) is 13.9. The Morgan fingerprint density at radius 1 is 1.04 bits per heavy atom. The molecule has 0 atom stereocenters. The second-order valence-corrected chi connectivity index (χ2v) is 7.77. The van der Waals surface area contributed by atoms with E-state index in [0.29, 0.717) is 6.54 Å². The number of rotatable bonds is 6. The summed E-state index contributed by atoms with van der Waals surface area (Å²) in [5.74, 6) is 0.929. The van der Waals surface area contributed by atoms with E-state index in [9.17, 15) is 4.79 Å². The number of hydrogen-bond donors (Lipinski definition) is 1. The van der Waals surface area contributed by atoms with Gasteiger partial charge in [0, 0.05) is 17.9 Å². The molecule has 0 saturated carbocycles. The summed E-state index contributed by atoms with van der Waals surface area (Å²) in [5.41, 5.74) is 11.0. The maximum absolute atomic E-state index is 13.1. The summed E-state index contributed by atoms with van der Waals surface area (Å²) in [6, 6.07) is 6.48. The van der Waals surface area contributed by atoms with Gasteiger partial charge in [-0.3, -0.25) is 4.79 Å². The van der Waals surface area contributed by atoms with Gasteiger partial charge in [0.1, 0.15) is 12.2 Å². The Morgan fingerprint density at radius 2 is 1.71 bits per heavy atom. The third-order valence-electron chi connectivity index (χ3n) is 5.22. The molecule has 0 saturated heterocycles. The van der Waals surface area contributed by atoms with E-state index in [1.165, 1.54) is 22.3 Å². The number of unbranched alkanes of at least 4 members (excludes halogenated alkanes) is 1. The van der Waals surface area contributed by atoms with Crippen LogP contribution in [0.25, 0.3) is 0 Å². The van der Waals surface area contributed by atoms with Crippen molar-refractivity contribution in [2.24, 2.45) is 0 Å². The molecule has 1 aromatic carbocycles. The number of amides is 1. The van der Waals surface area contributed by atoms with Crippen molar-refractivity contribution in [3.05, 3.63) is 46.1 Å². The van der Waals surface area contributed by atoms with Crippen molar-refractivity contribution >= 4 is 23.1 Å². The van der Waals surface area contributed by atoms with Crippen LogP contribution in [0.2, 0.25) is 0 Å². The van der Waals surface area contributed by atoms with Gasteiger partial charge < -0.3 is 4.90 Å². The predicted molar refractivity (Wildman–Crippen MR) is 116 cm³/mol. The number of aryl methyl sites for hydroxylation is 5. The number of carbonyl (C=O) groups is 1. The molecule has 1 aromatic heterocycles. The molecule has 0 aliphatic carbocycles. The lowest BCUT2D eigenvalue weighted by molar-refractivity contribution is -0.118. The van der Waals surface area contributed by atoms with E-state index in [0.717, 1.165) is 42.1 Å². The molecule has 2 aromatic rings. The van der Waals surface area contributed by atoms with Crippen LogP contribution in [-0.2, 0) is 11.2 Å². The number of fused-ring (bicyclic) bond motifs is 1. The number of pyridine rings is 1. The van der Waals surface area contributed by atoms with Crippen LogP contribution in [0, 0.1) is 27.7 Å². The predicted octanol–water partition coefficient (Wildman–Crippen LogP) is 4.67. The van der Waals surface area contributed by atoms with E-state index >= 15 is 0 Å². The summed E-state index contributed by atoms with van der Waals surface area (Å²) in [6.07, 6.45) is 3.15. The van der Waals surface area contributed by atoms with Crippen molar-refractivity contribution in [1.29, 1.82) is 0 Å². The zero-order valence-corrected chi connectivity index (χ0v) is 18.0. The molecule has 0 unspecified atom stereocenters. The summed E-state index contributed by atoms with van der Waals surface area (Å²) in [4.78, 5) is 20.1. The van der Waals surface area contributed by atoms with Crippen molar-refractivity contribution in [3.8, 4) is 0 Å². The minimum atomic E-state index is 0.0529. The van der Waals surface area contributed by atoms with E-state index in [2.05, 4.69) is 56.2 Å². The molecule has 3 rings (SSSR count). The summed E-state index contributed by atoms with van der Waals surface area (Å²) < 4.78 is 0. The summed E-state index contributed by atoms with van der Waals surface area (Å²) in [7, 11) is 0. The number of carbonyl (C=O) groups excluding carboxylic acids is 1. The first-order valence-electron chi connectivity index (χ1n) is 10.3. The van der Waals surface area contributed by atoms with Crippen LogP contribution in [0.3, 0.4) is 0 Å². The van der Waals surface area contributed by atoms with E-state index < -0.39 is 0 Å². The van der Waals surface area contributed by atoms with Gasteiger partial charge in [-0.15, -0.1) is 0 Å². The fraction of sp³-hybridized carbons (Fsp3) is 0.478. The van der Waals surface area contributed by atoms with Crippen LogP contribution in [0.15, 0.2) is 18.2 Å². The van der Waals surface area contributed by atoms with Crippen LogP contribution in [-0.4, -0.2) is 24.0 Å². The van der Waals surface area contributed by atoms with Gasteiger partial charge in [0.2, 0.25) is 0 Å². The maximum atomic E-state index is 13.1. The second-order valence-electron chi connectivity index (χ2n) is 7.77. The van der Waals surface area contributed by atoms with Gasteiger partial charge in [0.25, 0.3) is 5.91 Å². The number of aromatic nitrogens is 1. The smallest absolute Gasteiger partial charge is 0.261 e. The van der Waals surface area contributed by atoms with Crippen LogP contribution in [0.4, 0.5) is 17.2 Å². The van der Waals surface area contributed by atoms with Crippen molar-refractivity contribution in [2.45, 2.75) is 60.8 Å². The Hall–Kier alpha value is -2.40. The molecule has 1 N–H and O–H groups in total. The van der Waals surface area contributed by atoms with Crippen molar-refractivity contribution in [2.75, 3.05) is 23.0 Å². The lowest BCUT2D eigenvalue weighted by Crippen LogP contribution is -2.52. The monoisotopic (exact) mass is 380 g/mol. The first-order valence-corrected chi connectivity index (χ1v) is 10.3. The molecule has 0 spiro atoms. The van der Waals surface area contributed by atoms with Gasteiger partial charge >= 0.3 is 0 Å². The molecule has 2 heterocycles. The highest BCUT2D eigenvalue weighted by molar-refractivity contribution is 6.04. The fourth-order valence-corrected chi connectivity index (χ4v) is 4.22. The van der Waals surface area contributed by atoms with Crippen molar-refractivity contribution in [3.63, 3.8) is 0 Å². The molecule has 5 heteroatoms. The highest BCUT2D eigenvalue weighted by atomic mass is 16.2. The first-order chi connectivity index (χ1) is 13.4. The second kappa shape index (κ2) is 8.31. The highest BCUT2D eigenvalue weighted by Crippen LogP contribution is 2.41. The average Bonchev–Trinajstić information content (AvgIpc) is 2.62. The van der Waals surface area contributed by atoms with Crippen molar-refractivity contribution < 1.29 is 4.79 Å². The lowest BCUT2D eigenvalue weighted by atomic mass is 10.0. The maximum Gasteiger partial charge on any atom is 0.261 e. The van der Waals surface area contributed by atoms with Crippen LogP contribution < -0.4 is 15.3 Å². The number of nitrogens with one attached hydrogen (secondary N) is 1. The molecular weight excluding hydrogens is 348 g/mol. The molecule has 1 amide bonds. The van der Waals surface area contributed by atoms with Crippen LogP contribution >= 0.6 is 0 Å². The van der Waals surface area contributed by atoms with Gasteiger partial charge in [-0.25, -0.2) is 15.4 Å². The van der Waals surface area contributed by atoms with Gasteiger partial charge in [-0.2, -0.15) is 0 Å². The third-order valence-corrected chi connectivity index (χ3v) is 5.22. The highest BCUT2D eigenvalue weighted by Gasteiger charge is 2.34. The number of nitrogens with zero attached hydrogens (tertiary/aromatic N) is 3. The average molecular weight is 381 g/mol. The molecule has 1 aliphatic rings. The Bertz CT molecular complexity index is 867. The Balaban J connectivity index is 2.23. The Labute approximate surface area is 168 Å². The summed E-state index contributed by atoms with van der Waals surface area (Å²) in [6.45, 7) is 13.6. The van der Waals surface area contributed by atoms with Gasteiger partial charge in [0.05, 0.1) is 0 Å². The van der Waals surface area contributed by atoms with Crippen LogP contribution in [0.5, 0.6) is 0 Å². The Morgan fingerprint density at radius 3 is 2.32 bits per heavy atom. The molecular formula is C23H32N4O. The molecule has 1 aliphatic heterocycles. The quantitative estimate of drug-likeness (QED) is 0.791. The zero-order chi connectivity index (χ0) is 20.4. The van der Waals surface area contributed by atoms with Crippen LogP contribution in [0.1, 0.15) is 54.6 Å². The van der Waals surface area contributed by atoms with Gasteiger partial charge in [0.15, 0.2) is 5.82 Å². The largest absolute Gasteiger partial charge is 0.315 e. The fourth-order valence-electron chi connectivity index (χ4n) is 4.22. The molecule has 150 valence electrons. The van der Waals surface area contributed by atoms with E-state index in [1.54, 1.807) is 5.01 Å². The number of anilines is 3. The van der Waals surface area contributed by atoms with E-state index in [1.807, 2.05) is 13.8 Å². The Kier molecular flexibility index (Phi) is 6.04. The molecule has 0 bridgehead atoms. The molecule has 28 heavy (non-hydrogen) atoms. The van der Waals surface area contributed by atoms with E-state index in [4.69, 9.17) is 4.98 Å². The van der Waals surface area contributed by atoms with E-state index in [-0.39, 0.29) is 12.5 Å². The molecule has 5 nitrogen and oxygen atoms in total. The van der Waals surface area contributed by atoms with Gasteiger partial charge in [-0.05, 0) is 63.3 Å². The SMILES string of the molecule is CCCCc1cc(C)nc2c1N(NCC)C(=O)CN2c1c(C)cc(C)cc1C. The molecule has 0 radical (unpaired) electrons. The number of benzene rings is 1. The van der Waals surface area contributed by atoms with Gasteiger partial charge in [-0.1, -0.05) is 38.0 Å². The summed E-state index contributed by atoms with van der Waals surface area (Å²) in [5, 5.41) is 1.72. The van der Waals surface area contributed by atoms with Crippen molar-refractivity contribution in [1.82, 2.24) is 10.4 Å². The first kappa shape index (κ1) is 20.3. The number of hydrazine groups is 1. The molecule has 0 fully saturated rings.